The number of nitrogens with one attached hydrogen (secondary N) is 1. The first-order valence-electron chi connectivity index (χ1n) is 8.59. The number of amides is 1. The van der Waals surface area contributed by atoms with Gasteiger partial charge in [0.1, 0.15) is 6.04 Å². The Morgan fingerprint density at radius 2 is 1.65 bits per heavy atom. The lowest BCUT2D eigenvalue weighted by molar-refractivity contribution is -0.125. The molecule has 2 atom stereocenters. The van der Waals surface area contributed by atoms with Crippen LogP contribution in [0.15, 0.2) is 54.6 Å². The molecule has 0 aliphatic heterocycles. The molecule has 0 unspecified atom stereocenters. The molecule has 1 N–H and O–H groups in total. The lowest BCUT2D eigenvalue weighted by Crippen LogP contribution is -2.42. The molecular formula is C20H26N2O3S. The molecule has 0 fully saturated rings. The molecule has 2 aromatic rings. The molecule has 2 rings (SSSR count). The molecule has 0 aromatic heterocycles. The predicted molar refractivity (Wildman–Crippen MR) is 104 cm³/mol. The number of carbonyl (C=O) groups excluding carboxylic acids is 1. The Bertz CT molecular complexity index is 850. The first-order chi connectivity index (χ1) is 12.3. The summed E-state index contributed by atoms with van der Waals surface area (Å²) in [7, 11) is -2.11. The van der Waals surface area contributed by atoms with Gasteiger partial charge in [0.05, 0.1) is 12.3 Å². The van der Waals surface area contributed by atoms with E-state index in [1.165, 1.54) is 7.05 Å². The van der Waals surface area contributed by atoms with Crippen molar-refractivity contribution in [3.63, 3.8) is 0 Å². The van der Waals surface area contributed by atoms with Crippen molar-refractivity contribution in [1.29, 1.82) is 0 Å². The highest BCUT2D eigenvalue weighted by Crippen LogP contribution is 2.25. The maximum Gasteiger partial charge on any atom is 0.243 e. The number of sulfonamides is 1. The van der Waals surface area contributed by atoms with Gasteiger partial charge in [-0.15, -0.1) is 0 Å². The van der Waals surface area contributed by atoms with Gasteiger partial charge in [0, 0.05) is 7.05 Å². The molecule has 140 valence electrons. The van der Waals surface area contributed by atoms with Gasteiger partial charge >= 0.3 is 0 Å². The van der Waals surface area contributed by atoms with Crippen molar-refractivity contribution < 1.29 is 13.2 Å². The largest absolute Gasteiger partial charge is 0.348 e. The smallest absolute Gasteiger partial charge is 0.243 e. The van der Waals surface area contributed by atoms with Crippen LogP contribution < -0.4 is 5.32 Å². The Morgan fingerprint density at radius 3 is 2.19 bits per heavy atom. The number of hydrogen-bond acceptors (Lipinski definition) is 3. The summed E-state index contributed by atoms with van der Waals surface area (Å²) in [5.41, 5.74) is 2.77. The molecular weight excluding hydrogens is 348 g/mol. The minimum atomic E-state index is -3.54. The monoisotopic (exact) mass is 374 g/mol. The number of benzene rings is 2. The average molecular weight is 375 g/mol. The van der Waals surface area contributed by atoms with Crippen LogP contribution in [-0.4, -0.2) is 31.9 Å². The zero-order chi connectivity index (χ0) is 19.3. The highest BCUT2D eigenvalue weighted by molar-refractivity contribution is 7.88. The van der Waals surface area contributed by atoms with E-state index >= 15 is 0 Å². The van der Waals surface area contributed by atoms with E-state index in [-0.39, 0.29) is 11.9 Å². The molecule has 0 spiro atoms. The second-order valence-electron chi connectivity index (χ2n) is 6.42. The van der Waals surface area contributed by atoms with Gasteiger partial charge in [0.15, 0.2) is 0 Å². The molecule has 6 heteroatoms. The topological polar surface area (TPSA) is 66.5 Å². The fraction of sp³-hybridized carbons (Fsp3) is 0.350. The van der Waals surface area contributed by atoms with Crippen LogP contribution >= 0.6 is 0 Å². The van der Waals surface area contributed by atoms with Crippen molar-refractivity contribution >= 4 is 15.9 Å². The molecule has 0 aliphatic carbocycles. The second kappa shape index (κ2) is 8.47. The van der Waals surface area contributed by atoms with Gasteiger partial charge in [-0.2, -0.15) is 4.31 Å². The summed E-state index contributed by atoms with van der Waals surface area (Å²) in [5.74, 6) is -0.334. The molecule has 0 bridgehead atoms. The fourth-order valence-electron chi connectivity index (χ4n) is 2.98. The van der Waals surface area contributed by atoms with Crippen molar-refractivity contribution in [3.05, 3.63) is 71.3 Å². The molecule has 0 heterocycles. The average Bonchev–Trinajstić information content (AvgIpc) is 2.60. The van der Waals surface area contributed by atoms with E-state index in [1.54, 1.807) is 24.3 Å². The summed E-state index contributed by atoms with van der Waals surface area (Å²) in [6.45, 7) is 4.00. The van der Waals surface area contributed by atoms with Crippen molar-refractivity contribution in [2.24, 2.45) is 0 Å². The van der Waals surface area contributed by atoms with Crippen molar-refractivity contribution in [2.45, 2.75) is 32.4 Å². The van der Waals surface area contributed by atoms with Crippen LogP contribution in [0, 0.1) is 6.92 Å². The van der Waals surface area contributed by atoms with Gasteiger partial charge in [-0.1, -0.05) is 61.5 Å². The van der Waals surface area contributed by atoms with Gasteiger partial charge in [0.25, 0.3) is 0 Å². The van der Waals surface area contributed by atoms with Gasteiger partial charge in [0.2, 0.25) is 15.9 Å². The molecule has 0 aliphatic rings. The third-order valence-corrected chi connectivity index (χ3v) is 5.80. The minimum absolute atomic E-state index is 0.178. The first kappa shape index (κ1) is 20.1. The van der Waals surface area contributed by atoms with E-state index in [2.05, 4.69) is 5.32 Å². The van der Waals surface area contributed by atoms with Crippen molar-refractivity contribution in [3.8, 4) is 0 Å². The van der Waals surface area contributed by atoms with Crippen LogP contribution in [-0.2, 0) is 14.8 Å². The highest BCUT2D eigenvalue weighted by atomic mass is 32.2. The number of hydrogen-bond donors (Lipinski definition) is 1. The Hall–Kier alpha value is -2.18. The summed E-state index contributed by atoms with van der Waals surface area (Å²) in [5, 5.41) is 3.03. The van der Waals surface area contributed by atoms with Crippen LogP contribution in [0.3, 0.4) is 0 Å². The third-order valence-electron chi connectivity index (χ3n) is 4.54. The molecule has 1 amide bonds. The Balaban J connectivity index is 2.36. The normalized spacial score (nSPS) is 14.0. The van der Waals surface area contributed by atoms with E-state index in [0.717, 1.165) is 21.7 Å². The lowest BCUT2D eigenvalue weighted by atomic mass is 9.98. The summed E-state index contributed by atoms with van der Waals surface area (Å²) < 4.78 is 25.3. The standard InChI is InChI=1S/C20H26N2O3S/c1-5-18(17-14-10-9-11-15(17)2)21-20(23)19(22(3)26(4,24)25)16-12-7-6-8-13-16/h6-14,18-19H,5H2,1-4H3,(H,21,23)/t18-,19-/m0/s1. The highest BCUT2D eigenvalue weighted by Gasteiger charge is 2.32. The zero-order valence-corrected chi connectivity index (χ0v) is 16.5. The number of aryl methyl sites for hydroxylation is 1. The maximum atomic E-state index is 13.1. The van der Waals surface area contributed by atoms with E-state index in [9.17, 15) is 13.2 Å². The number of rotatable bonds is 7. The zero-order valence-electron chi connectivity index (χ0n) is 15.6. The van der Waals surface area contributed by atoms with Crippen LogP contribution in [0.4, 0.5) is 0 Å². The maximum absolute atomic E-state index is 13.1. The van der Waals surface area contributed by atoms with E-state index in [1.807, 2.05) is 44.2 Å². The Morgan fingerprint density at radius 1 is 1.08 bits per heavy atom. The summed E-state index contributed by atoms with van der Waals surface area (Å²) >= 11 is 0. The molecule has 2 aromatic carbocycles. The Kier molecular flexibility index (Phi) is 6.56. The minimum Gasteiger partial charge on any atom is -0.348 e. The number of likely N-dealkylation sites (N-methyl/N-ethyl adjacent to an activating group) is 1. The molecule has 0 radical (unpaired) electrons. The summed E-state index contributed by atoms with van der Waals surface area (Å²) in [6.07, 6.45) is 1.82. The first-order valence-corrected chi connectivity index (χ1v) is 10.4. The van der Waals surface area contributed by atoms with Gasteiger partial charge in [-0.3, -0.25) is 4.79 Å². The number of nitrogens with zero attached hydrogens (tertiary/aromatic N) is 1. The van der Waals surface area contributed by atoms with Crippen LogP contribution in [0.1, 0.15) is 42.1 Å². The van der Waals surface area contributed by atoms with E-state index < -0.39 is 16.1 Å². The quantitative estimate of drug-likeness (QED) is 0.809. The third kappa shape index (κ3) is 4.71. The molecule has 0 saturated heterocycles. The van der Waals surface area contributed by atoms with Crippen LogP contribution in [0.2, 0.25) is 0 Å². The second-order valence-corrected chi connectivity index (χ2v) is 8.46. The van der Waals surface area contributed by atoms with E-state index in [0.29, 0.717) is 12.0 Å². The van der Waals surface area contributed by atoms with E-state index in [4.69, 9.17) is 0 Å². The van der Waals surface area contributed by atoms with Crippen LogP contribution in [0.25, 0.3) is 0 Å². The SMILES string of the molecule is CC[C@H](NC(=O)[C@H](c1ccccc1)N(C)S(C)(=O)=O)c1ccccc1C. The van der Waals surface area contributed by atoms with Gasteiger partial charge < -0.3 is 5.32 Å². The number of carbonyl (C=O) groups is 1. The van der Waals surface area contributed by atoms with Gasteiger partial charge in [-0.25, -0.2) is 8.42 Å². The Labute approximate surface area is 156 Å². The molecule has 5 nitrogen and oxygen atoms in total. The molecule has 0 saturated carbocycles. The fourth-order valence-corrected chi connectivity index (χ4v) is 3.58. The lowest BCUT2D eigenvalue weighted by Gasteiger charge is -2.28. The predicted octanol–water partition coefficient (Wildman–Crippen LogP) is 3.20. The van der Waals surface area contributed by atoms with Crippen LogP contribution in [0.5, 0.6) is 0 Å². The van der Waals surface area contributed by atoms with Crippen molar-refractivity contribution in [2.75, 3.05) is 13.3 Å². The summed E-state index contributed by atoms with van der Waals surface area (Å²) in [4.78, 5) is 13.1. The van der Waals surface area contributed by atoms with Crippen molar-refractivity contribution in [1.82, 2.24) is 9.62 Å². The molecule has 26 heavy (non-hydrogen) atoms. The summed E-state index contributed by atoms with van der Waals surface area (Å²) in [6, 6.07) is 15.7. The van der Waals surface area contributed by atoms with Gasteiger partial charge in [-0.05, 0) is 30.0 Å².